The van der Waals surface area contributed by atoms with E-state index in [-0.39, 0.29) is 0 Å². The molecule has 0 bridgehead atoms. The Labute approximate surface area is 147 Å². The molecule has 0 unspecified atom stereocenters. The molecule has 0 spiro atoms. The van der Waals surface area contributed by atoms with E-state index in [0.717, 1.165) is 57.5 Å². The number of hydrogen-bond donors (Lipinski definition) is 1. The molecule has 0 aromatic carbocycles. The summed E-state index contributed by atoms with van der Waals surface area (Å²) in [7, 11) is 0. The number of aryl methyl sites for hydroxylation is 1. The summed E-state index contributed by atoms with van der Waals surface area (Å²) in [6.45, 7) is 10.7. The summed E-state index contributed by atoms with van der Waals surface area (Å²) in [5.74, 6) is 1.02. The topological polar surface area (TPSA) is 56.9 Å². The number of aliphatic imine (C=N–C) groups is 1. The van der Waals surface area contributed by atoms with E-state index < -0.39 is 0 Å². The molecule has 2 aromatic rings. The standard InChI is InChI=1S/C17H25N5OS/c1-3-18-17(19-12-16-14(2)5-11-24-16)22-8-6-21(7-9-22)13-15-4-10-23-20-15/h4-5,10-11H,3,6-9,12-13H2,1-2H3,(H,18,19). The molecule has 3 heterocycles. The van der Waals surface area contributed by atoms with Crippen LogP contribution in [0.5, 0.6) is 0 Å². The molecule has 6 nitrogen and oxygen atoms in total. The predicted molar refractivity (Wildman–Crippen MR) is 97.2 cm³/mol. The van der Waals surface area contributed by atoms with Gasteiger partial charge in [0, 0.05) is 50.2 Å². The third kappa shape index (κ3) is 4.36. The van der Waals surface area contributed by atoms with Crippen molar-refractivity contribution in [2.45, 2.75) is 26.9 Å². The average Bonchev–Trinajstić information content (AvgIpc) is 3.24. The van der Waals surface area contributed by atoms with Crippen molar-refractivity contribution in [3.8, 4) is 0 Å². The van der Waals surface area contributed by atoms with E-state index >= 15 is 0 Å². The predicted octanol–water partition coefficient (Wildman–Crippen LogP) is 2.33. The zero-order valence-electron chi connectivity index (χ0n) is 14.4. The Kier molecular flexibility index (Phi) is 5.87. The SMILES string of the molecule is CCNC(=NCc1sccc1C)N1CCN(Cc2ccon2)CC1. The van der Waals surface area contributed by atoms with Gasteiger partial charge in [-0.05, 0) is 30.9 Å². The summed E-state index contributed by atoms with van der Waals surface area (Å²) in [6, 6.07) is 4.09. The summed E-state index contributed by atoms with van der Waals surface area (Å²) in [5, 5.41) is 9.56. The van der Waals surface area contributed by atoms with Gasteiger partial charge in [0.05, 0.1) is 12.2 Å². The Hall–Kier alpha value is -1.86. The second-order valence-corrected chi connectivity index (χ2v) is 6.95. The van der Waals surface area contributed by atoms with Crippen molar-refractivity contribution in [3.63, 3.8) is 0 Å². The van der Waals surface area contributed by atoms with Crippen molar-refractivity contribution in [1.82, 2.24) is 20.3 Å². The number of nitrogens with zero attached hydrogens (tertiary/aromatic N) is 4. The number of thiophene rings is 1. The number of rotatable bonds is 5. The summed E-state index contributed by atoms with van der Waals surface area (Å²) >= 11 is 1.78. The van der Waals surface area contributed by atoms with Gasteiger partial charge < -0.3 is 14.7 Å². The summed E-state index contributed by atoms with van der Waals surface area (Å²) in [5.41, 5.74) is 2.33. The van der Waals surface area contributed by atoms with E-state index in [9.17, 15) is 0 Å². The Morgan fingerprint density at radius 1 is 1.33 bits per heavy atom. The van der Waals surface area contributed by atoms with Gasteiger partial charge in [-0.2, -0.15) is 0 Å². The van der Waals surface area contributed by atoms with Gasteiger partial charge in [-0.25, -0.2) is 4.99 Å². The highest BCUT2D eigenvalue weighted by Gasteiger charge is 2.20. The molecule has 7 heteroatoms. The first-order valence-electron chi connectivity index (χ1n) is 8.44. The van der Waals surface area contributed by atoms with Crippen LogP contribution < -0.4 is 5.32 Å². The molecule has 1 saturated heterocycles. The highest BCUT2D eigenvalue weighted by Crippen LogP contribution is 2.16. The Morgan fingerprint density at radius 3 is 2.79 bits per heavy atom. The lowest BCUT2D eigenvalue weighted by atomic mass is 10.3. The molecule has 2 aromatic heterocycles. The number of nitrogens with one attached hydrogen (secondary N) is 1. The molecule has 0 radical (unpaired) electrons. The smallest absolute Gasteiger partial charge is 0.194 e. The molecular weight excluding hydrogens is 322 g/mol. The van der Waals surface area contributed by atoms with Gasteiger partial charge in [0.25, 0.3) is 0 Å². The first-order valence-corrected chi connectivity index (χ1v) is 9.32. The summed E-state index contributed by atoms with van der Waals surface area (Å²) in [6.07, 6.45) is 1.63. The van der Waals surface area contributed by atoms with E-state index in [1.54, 1.807) is 17.6 Å². The average molecular weight is 347 g/mol. The molecule has 1 aliphatic heterocycles. The van der Waals surface area contributed by atoms with Gasteiger partial charge in [0.2, 0.25) is 0 Å². The van der Waals surface area contributed by atoms with Crippen LogP contribution in [-0.4, -0.2) is 53.6 Å². The maximum atomic E-state index is 4.91. The normalized spacial score (nSPS) is 16.6. The molecule has 1 fully saturated rings. The highest BCUT2D eigenvalue weighted by atomic mass is 32.1. The lowest BCUT2D eigenvalue weighted by Gasteiger charge is -2.36. The number of hydrogen-bond acceptors (Lipinski definition) is 5. The van der Waals surface area contributed by atoms with E-state index in [1.165, 1.54) is 10.4 Å². The Bertz CT molecular complexity index is 644. The van der Waals surface area contributed by atoms with Gasteiger partial charge in [0.15, 0.2) is 5.96 Å². The van der Waals surface area contributed by atoms with Crippen molar-refractivity contribution in [2.24, 2.45) is 4.99 Å². The molecular formula is C17H25N5OS. The molecule has 3 rings (SSSR count). The van der Waals surface area contributed by atoms with Crippen LogP contribution in [0.2, 0.25) is 0 Å². The largest absolute Gasteiger partial charge is 0.364 e. The van der Waals surface area contributed by atoms with Crippen molar-refractivity contribution < 1.29 is 4.52 Å². The van der Waals surface area contributed by atoms with Crippen molar-refractivity contribution in [3.05, 3.63) is 39.9 Å². The van der Waals surface area contributed by atoms with Gasteiger partial charge in [-0.15, -0.1) is 11.3 Å². The van der Waals surface area contributed by atoms with Crippen LogP contribution in [0.4, 0.5) is 0 Å². The maximum absolute atomic E-state index is 4.91. The minimum absolute atomic E-state index is 0.755. The third-order valence-corrected chi connectivity index (χ3v) is 5.23. The Balaban J connectivity index is 1.56. The number of guanidine groups is 1. The van der Waals surface area contributed by atoms with Gasteiger partial charge >= 0.3 is 0 Å². The van der Waals surface area contributed by atoms with Crippen LogP contribution in [-0.2, 0) is 13.1 Å². The van der Waals surface area contributed by atoms with Crippen LogP contribution in [0.1, 0.15) is 23.1 Å². The molecule has 0 amide bonds. The quantitative estimate of drug-likeness (QED) is 0.664. The van der Waals surface area contributed by atoms with E-state index in [0.29, 0.717) is 0 Å². The Morgan fingerprint density at radius 2 is 2.17 bits per heavy atom. The highest BCUT2D eigenvalue weighted by molar-refractivity contribution is 7.10. The van der Waals surface area contributed by atoms with Gasteiger partial charge in [0.1, 0.15) is 6.26 Å². The molecule has 0 atom stereocenters. The minimum Gasteiger partial charge on any atom is -0.364 e. The van der Waals surface area contributed by atoms with Crippen LogP contribution in [0.3, 0.4) is 0 Å². The fourth-order valence-electron chi connectivity index (χ4n) is 2.80. The van der Waals surface area contributed by atoms with Gasteiger partial charge in [-0.1, -0.05) is 5.16 Å². The van der Waals surface area contributed by atoms with Crippen LogP contribution in [0.25, 0.3) is 0 Å². The van der Waals surface area contributed by atoms with E-state index in [2.05, 4.69) is 45.6 Å². The van der Waals surface area contributed by atoms with E-state index in [4.69, 9.17) is 9.52 Å². The van der Waals surface area contributed by atoms with Crippen molar-refractivity contribution >= 4 is 17.3 Å². The zero-order chi connectivity index (χ0) is 16.8. The van der Waals surface area contributed by atoms with Crippen LogP contribution >= 0.6 is 11.3 Å². The minimum atomic E-state index is 0.755. The van der Waals surface area contributed by atoms with Crippen molar-refractivity contribution in [2.75, 3.05) is 32.7 Å². The maximum Gasteiger partial charge on any atom is 0.194 e. The zero-order valence-corrected chi connectivity index (χ0v) is 15.2. The van der Waals surface area contributed by atoms with Crippen LogP contribution in [0.15, 0.2) is 33.3 Å². The lowest BCUT2D eigenvalue weighted by molar-refractivity contribution is 0.169. The van der Waals surface area contributed by atoms with Gasteiger partial charge in [-0.3, -0.25) is 4.90 Å². The molecule has 130 valence electrons. The third-order valence-electron chi connectivity index (χ3n) is 4.22. The first kappa shape index (κ1) is 17.0. The molecule has 1 N–H and O–H groups in total. The number of aromatic nitrogens is 1. The second-order valence-electron chi connectivity index (χ2n) is 5.95. The summed E-state index contributed by atoms with van der Waals surface area (Å²) < 4.78 is 4.91. The number of piperazine rings is 1. The van der Waals surface area contributed by atoms with Crippen LogP contribution in [0, 0.1) is 6.92 Å². The molecule has 0 saturated carbocycles. The van der Waals surface area contributed by atoms with Crippen molar-refractivity contribution in [1.29, 1.82) is 0 Å². The van der Waals surface area contributed by atoms with E-state index in [1.807, 2.05) is 6.07 Å². The lowest BCUT2D eigenvalue weighted by Crippen LogP contribution is -2.52. The molecule has 0 aliphatic carbocycles. The fourth-order valence-corrected chi connectivity index (χ4v) is 3.63. The fraction of sp³-hybridized carbons (Fsp3) is 0.529. The molecule has 24 heavy (non-hydrogen) atoms. The second kappa shape index (κ2) is 8.30. The monoisotopic (exact) mass is 347 g/mol. The first-order chi connectivity index (χ1) is 11.8. The summed E-state index contributed by atoms with van der Waals surface area (Å²) in [4.78, 5) is 10.9. The molecule has 1 aliphatic rings.